The molecule has 3 heterocycles. The number of fused-ring (bicyclic) bond motifs is 1. The SMILES string of the molecule is Cc1cnc(Cl)c2cnc(C3CCCN(C(=O)O)C3)n12. The van der Waals surface area contributed by atoms with Crippen LogP contribution < -0.4 is 0 Å². The van der Waals surface area contributed by atoms with Gasteiger partial charge < -0.3 is 10.0 Å². The zero-order valence-corrected chi connectivity index (χ0v) is 11.8. The summed E-state index contributed by atoms with van der Waals surface area (Å²) in [6.45, 7) is 3.02. The number of likely N-dealkylation sites (tertiary alicyclic amines) is 1. The molecule has 7 heteroatoms. The Balaban J connectivity index is 2.02. The van der Waals surface area contributed by atoms with Gasteiger partial charge in [0.1, 0.15) is 11.3 Å². The Kier molecular flexibility index (Phi) is 3.25. The number of aryl methyl sites for hydroxylation is 1. The summed E-state index contributed by atoms with van der Waals surface area (Å²) in [5, 5.41) is 9.55. The van der Waals surface area contributed by atoms with Crippen molar-refractivity contribution in [3.05, 3.63) is 29.1 Å². The number of piperidine rings is 1. The number of halogens is 1. The third-order valence-corrected chi connectivity index (χ3v) is 4.07. The minimum absolute atomic E-state index is 0.0968. The molecule has 1 saturated heterocycles. The number of nitrogens with zero attached hydrogens (tertiary/aromatic N) is 4. The van der Waals surface area contributed by atoms with Crippen LogP contribution in [0.1, 0.15) is 30.3 Å². The number of amides is 1. The molecule has 6 nitrogen and oxygen atoms in total. The second-order valence-corrected chi connectivity index (χ2v) is 5.45. The first-order valence-electron chi connectivity index (χ1n) is 6.54. The molecule has 1 atom stereocenters. The number of hydrogen-bond donors (Lipinski definition) is 1. The molecule has 1 amide bonds. The molecule has 20 heavy (non-hydrogen) atoms. The van der Waals surface area contributed by atoms with E-state index in [0.29, 0.717) is 18.2 Å². The lowest BCUT2D eigenvalue weighted by Gasteiger charge is -2.30. The van der Waals surface area contributed by atoms with Crippen LogP contribution in [0.15, 0.2) is 12.4 Å². The Morgan fingerprint density at radius 2 is 2.25 bits per heavy atom. The third kappa shape index (κ3) is 2.10. The van der Waals surface area contributed by atoms with Crippen LogP contribution in [-0.4, -0.2) is 43.6 Å². The summed E-state index contributed by atoms with van der Waals surface area (Å²) >= 11 is 6.08. The van der Waals surface area contributed by atoms with Crippen molar-refractivity contribution in [1.29, 1.82) is 0 Å². The Hall–Kier alpha value is -1.82. The smallest absolute Gasteiger partial charge is 0.407 e. The monoisotopic (exact) mass is 294 g/mol. The average Bonchev–Trinajstić information content (AvgIpc) is 2.89. The zero-order valence-electron chi connectivity index (χ0n) is 11.1. The zero-order chi connectivity index (χ0) is 14.3. The molecule has 0 bridgehead atoms. The van der Waals surface area contributed by atoms with Crippen molar-refractivity contribution in [2.75, 3.05) is 13.1 Å². The average molecular weight is 295 g/mol. The highest BCUT2D eigenvalue weighted by Gasteiger charge is 2.27. The van der Waals surface area contributed by atoms with Crippen molar-refractivity contribution < 1.29 is 9.90 Å². The second kappa shape index (κ2) is 4.94. The number of imidazole rings is 1. The first kappa shape index (κ1) is 13.2. The van der Waals surface area contributed by atoms with Gasteiger partial charge in [0.15, 0.2) is 5.15 Å². The van der Waals surface area contributed by atoms with Gasteiger partial charge in [-0.2, -0.15) is 0 Å². The topological polar surface area (TPSA) is 70.7 Å². The Labute approximate surface area is 121 Å². The maximum atomic E-state index is 11.1. The van der Waals surface area contributed by atoms with Crippen molar-refractivity contribution in [2.45, 2.75) is 25.7 Å². The summed E-state index contributed by atoms with van der Waals surface area (Å²) in [4.78, 5) is 21.1. The molecule has 1 fully saturated rings. The molecule has 1 aliphatic rings. The predicted octanol–water partition coefficient (Wildman–Crippen LogP) is 2.55. The molecule has 2 aromatic heterocycles. The van der Waals surface area contributed by atoms with Gasteiger partial charge >= 0.3 is 6.09 Å². The summed E-state index contributed by atoms with van der Waals surface area (Å²) in [7, 11) is 0. The lowest BCUT2D eigenvalue weighted by atomic mass is 9.97. The van der Waals surface area contributed by atoms with E-state index in [2.05, 4.69) is 9.97 Å². The first-order valence-corrected chi connectivity index (χ1v) is 6.92. The van der Waals surface area contributed by atoms with Crippen LogP contribution in [-0.2, 0) is 0 Å². The molecule has 0 spiro atoms. The van der Waals surface area contributed by atoms with Crippen LogP contribution >= 0.6 is 11.6 Å². The van der Waals surface area contributed by atoms with Crippen molar-refractivity contribution in [3.63, 3.8) is 0 Å². The van der Waals surface area contributed by atoms with Crippen molar-refractivity contribution in [3.8, 4) is 0 Å². The van der Waals surface area contributed by atoms with Gasteiger partial charge in [0, 0.05) is 30.9 Å². The van der Waals surface area contributed by atoms with E-state index < -0.39 is 6.09 Å². The minimum atomic E-state index is -0.869. The van der Waals surface area contributed by atoms with E-state index in [0.717, 1.165) is 29.9 Å². The standard InChI is InChI=1S/C13H15ClN4O2/c1-8-5-15-11(14)10-6-16-12(18(8)10)9-3-2-4-17(7-9)13(19)20/h5-6,9H,2-4,7H2,1H3,(H,19,20). The molecule has 1 aliphatic heterocycles. The molecule has 0 aromatic carbocycles. The van der Waals surface area contributed by atoms with Gasteiger partial charge in [0.25, 0.3) is 0 Å². The lowest BCUT2D eigenvalue weighted by molar-refractivity contribution is 0.129. The van der Waals surface area contributed by atoms with E-state index in [-0.39, 0.29) is 5.92 Å². The van der Waals surface area contributed by atoms with E-state index in [4.69, 9.17) is 16.7 Å². The van der Waals surface area contributed by atoms with Crippen LogP contribution in [0, 0.1) is 6.92 Å². The van der Waals surface area contributed by atoms with E-state index >= 15 is 0 Å². The van der Waals surface area contributed by atoms with E-state index in [1.807, 2.05) is 11.3 Å². The van der Waals surface area contributed by atoms with Gasteiger partial charge in [-0.05, 0) is 19.8 Å². The Morgan fingerprint density at radius 3 is 3.00 bits per heavy atom. The Morgan fingerprint density at radius 1 is 1.45 bits per heavy atom. The summed E-state index contributed by atoms with van der Waals surface area (Å²) in [5.41, 5.74) is 1.72. The molecule has 1 N–H and O–H groups in total. The molecule has 0 aliphatic carbocycles. The fourth-order valence-electron chi connectivity index (χ4n) is 2.81. The highest BCUT2D eigenvalue weighted by Crippen LogP contribution is 2.28. The molecule has 0 radical (unpaired) electrons. The maximum absolute atomic E-state index is 11.1. The summed E-state index contributed by atoms with van der Waals surface area (Å²) in [6.07, 6.45) is 4.33. The van der Waals surface area contributed by atoms with Gasteiger partial charge in [-0.1, -0.05) is 11.6 Å². The van der Waals surface area contributed by atoms with Gasteiger partial charge in [0.2, 0.25) is 0 Å². The van der Waals surface area contributed by atoms with Crippen molar-refractivity contribution in [2.24, 2.45) is 0 Å². The molecular weight excluding hydrogens is 280 g/mol. The molecule has 106 valence electrons. The third-order valence-electron chi connectivity index (χ3n) is 3.77. The minimum Gasteiger partial charge on any atom is -0.465 e. The van der Waals surface area contributed by atoms with Crippen LogP contribution in [0.25, 0.3) is 5.52 Å². The Bertz CT molecular complexity index is 670. The van der Waals surface area contributed by atoms with Crippen molar-refractivity contribution >= 4 is 23.2 Å². The van der Waals surface area contributed by atoms with E-state index in [9.17, 15) is 4.79 Å². The second-order valence-electron chi connectivity index (χ2n) is 5.10. The highest BCUT2D eigenvalue weighted by atomic mass is 35.5. The maximum Gasteiger partial charge on any atom is 0.407 e. The van der Waals surface area contributed by atoms with Gasteiger partial charge in [-0.15, -0.1) is 0 Å². The number of rotatable bonds is 1. The summed E-state index contributed by atoms with van der Waals surface area (Å²) in [5.74, 6) is 0.965. The normalized spacial score (nSPS) is 19.5. The summed E-state index contributed by atoms with van der Waals surface area (Å²) in [6, 6.07) is 0. The molecule has 3 rings (SSSR count). The van der Waals surface area contributed by atoms with Crippen LogP contribution in [0.3, 0.4) is 0 Å². The van der Waals surface area contributed by atoms with E-state index in [1.54, 1.807) is 12.4 Å². The largest absolute Gasteiger partial charge is 0.465 e. The molecule has 2 aromatic rings. The molecular formula is C13H15ClN4O2. The van der Waals surface area contributed by atoms with Crippen molar-refractivity contribution in [1.82, 2.24) is 19.3 Å². The fourth-order valence-corrected chi connectivity index (χ4v) is 2.99. The number of carboxylic acid groups (broad SMARTS) is 1. The first-order chi connectivity index (χ1) is 9.58. The highest BCUT2D eigenvalue weighted by molar-refractivity contribution is 6.32. The fraction of sp³-hybridized carbons (Fsp3) is 0.462. The van der Waals surface area contributed by atoms with Crippen LogP contribution in [0.5, 0.6) is 0 Å². The number of aromatic nitrogens is 3. The van der Waals surface area contributed by atoms with Crippen LogP contribution in [0.2, 0.25) is 5.15 Å². The summed E-state index contributed by atoms with van der Waals surface area (Å²) < 4.78 is 1.98. The van der Waals surface area contributed by atoms with E-state index in [1.165, 1.54) is 4.90 Å². The van der Waals surface area contributed by atoms with Gasteiger partial charge in [-0.3, -0.25) is 4.40 Å². The number of carbonyl (C=O) groups is 1. The number of hydrogen-bond acceptors (Lipinski definition) is 3. The molecule has 1 unspecified atom stereocenters. The van der Waals surface area contributed by atoms with Gasteiger partial charge in [0.05, 0.1) is 6.20 Å². The predicted molar refractivity (Wildman–Crippen MR) is 74.3 cm³/mol. The van der Waals surface area contributed by atoms with Crippen LogP contribution in [0.4, 0.5) is 4.79 Å². The molecule has 0 saturated carbocycles. The van der Waals surface area contributed by atoms with Gasteiger partial charge in [-0.25, -0.2) is 14.8 Å². The quantitative estimate of drug-likeness (QED) is 0.877. The lowest BCUT2D eigenvalue weighted by Crippen LogP contribution is -2.38.